The van der Waals surface area contributed by atoms with Crippen LogP contribution >= 0.6 is 0 Å². The summed E-state index contributed by atoms with van der Waals surface area (Å²) >= 11 is 0. The van der Waals surface area contributed by atoms with Crippen molar-refractivity contribution in [2.24, 2.45) is 5.92 Å². The van der Waals surface area contributed by atoms with Gasteiger partial charge in [-0.25, -0.2) is 4.98 Å². The second-order valence-corrected chi connectivity index (χ2v) is 7.04. The zero-order chi connectivity index (χ0) is 15.5. The highest BCUT2D eigenvalue weighted by molar-refractivity contribution is 5.13. The van der Waals surface area contributed by atoms with Crippen molar-refractivity contribution < 1.29 is 4.74 Å². The molecule has 1 unspecified atom stereocenters. The number of hydrogen-bond acceptors (Lipinski definition) is 3. The van der Waals surface area contributed by atoms with Gasteiger partial charge in [0.15, 0.2) is 0 Å². The molecular weight excluding hydrogens is 264 g/mol. The van der Waals surface area contributed by atoms with Crippen LogP contribution in [-0.2, 0) is 10.2 Å². The number of rotatable bonds is 4. The van der Waals surface area contributed by atoms with E-state index in [0.717, 1.165) is 18.5 Å². The summed E-state index contributed by atoms with van der Waals surface area (Å²) in [6.45, 7) is 8.88. The van der Waals surface area contributed by atoms with Crippen LogP contribution in [0, 0.1) is 5.92 Å². The van der Waals surface area contributed by atoms with Crippen molar-refractivity contribution >= 4 is 0 Å². The average Bonchev–Trinajstić information content (AvgIpc) is 2.44. The van der Waals surface area contributed by atoms with Crippen LogP contribution in [0.5, 0.6) is 0 Å². The minimum absolute atomic E-state index is 0.0783. The predicted molar refractivity (Wildman–Crippen MR) is 84.5 cm³/mol. The second kappa shape index (κ2) is 6.73. The van der Waals surface area contributed by atoms with Gasteiger partial charge in [0.05, 0.1) is 5.69 Å². The van der Waals surface area contributed by atoms with E-state index >= 15 is 0 Å². The molecule has 118 valence electrons. The van der Waals surface area contributed by atoms with E-state index in [9.17, 15) is 4.79 Å². The fourth-order valence-electron chi connectivity index (χ4n) is 3.05. The van der Waals surface area contributed by atoms with Gasteiger partial charge in [-0.1, -0.05) is 40.0 Å². The molecule has 21 heavy (non-hydrogen) atoms. The van der Waals surface area contributed by atoms with E-state index < -0.39 is 0 Å². The highest BCUT2D eigenvalue weighted by Gasteiger charge is 2.28. The maximum absolute atomic E-state index is 12.0. The number of hydrogen-bond donors (Lipinski definition) is 1. The molecule has 1 N–H and O–H groups in total. The quantitative estimate of drug-likeness (QED) is 0.920. The smallest absolute Gasteiger partial charge is 0.251 e. The Morgan fingerprint density at radius 2 is 2.00 bits per heavy atom. The summed E-state index contributed by atoms with van der Waals surface area (Å²) in [5.41, 5.74) is 0.624. The van der Waals surface area contributed by atoms with Crippen molar-refractivity contribution in [3.05, 3.63) is 27.9 Å². The van der Waals surface area contributed by atoms with Crippen molar-refractivity contribution in [3.8, 4) is 0 Å². The van der Waals surface area contributed by atoms with Gasteiger partial charge in [0.25, 0.3) is 5.56 Å². The van der Waals surface area contributed by atoms with E-state index in [1.54, 1.807) is 6.07 Å². The Bertz CT molecular complexity index is 510. The molecular formula is C17H28N2O2. The Morgan fingerprint density at radius 1 is 1.33 bits per heavy atom. The molecule has 4 heteroatoms. The molecule has 0 amide bonds. The molecule has 1 aliphatic carbocycles. The first-order chi connectivity index (χ1) is 9.91. The van der Waals surface area contributed by atoms with Crippen molar-refractivity contribution in [2.75, 3.05) is 6.61 Å². The number of ether oxygens (including phenoxy) is 1. The van der Waals surface area contributed by atoms with E-state index in [4.69, 9.17) is 9.72 Å². The minimum Gasteiger partial charge on any atom is -0.370 e. The number of aromatic amines is 1. The molecule has 0 bridgehead atoms. The van der Waals surface area contributed by atoms with E-state index in [1.807, 2.05) is 6.92 Å². The lowest BCUT2D eigenvalue weighted by molar-refractivity contribution is -0.000582. The predicted octanol–water partition coefficient (Wildman–Crippen LogP) is 3.73. The first kappa shape index (κ1) is 16.2. The number of H-pyrrole nitrogens is 1. The summed E-state index contributed by atoms with van der Waals surface area (Å²) in [6, 6.07) is 1.60. The molecule has 0 spiro atoms. The SMILES string of the molecule is CCOC(c1nc(C(C)(C)C)cc(=O)[nH]1)C1CCCCC1. The fourth-order valence-corrected chi connectivity index (χ4v) is 3.05. The van der Waals surface area contributed by atoms with Gasteiger partial charge in [-0.3, -0.25) is 4.79 Å². The zero-order valence-electron chi connectivity index (χ0n) is 13.7. The minimum atomic E-state index is -0.133. The summed E-state index contributed by atoms with van der Waals surface area (Å²) in [6.07, 6.45) is 6.05. The summed E-state index contributed by atoms with van der Waals surface area (Å²) in [5, 5.41) is 0. The van der Waals surface area contributed by atoms with Crippen LogP contribution in [0.4, 0.5) is 0 Å². The Balaban J connectivity index is 2.35. The second-order valence-electron chi connectivity index (χ2n) is 7.04. The van der Waals surface area contributed by atoms with E-state index in [2.05, 4.69) is 25.8 Å². The molecule has 1 aliphatic rings. The Kier molecular flexibility index (Phi) is 5.20. The zero-order valence-corrected chi connectivity index (χ0v) is 13.7. The molecule has 0 radical (unpaired) electrons. The molecule has 1 atom stereocenters. The third kappa shape index (κ3) is 4.16. The van der Waals surface area contributed by atoms with Gasteiger partial charge in [-0.15, -0.1) is 0 Å². The van der Waals surface area contributed by atoms with E-state index in [1.165, 1.54) is 19.3 Å². The van der Waals surface area contributed by atoms with Crippen molar-refractivity contribution in [1.29, 1.82) is 0 Å². The van der Waals surface area contributed by atoms with E-state index in [-0.39, 0.29) is 17.1 Å². The van der Waals surface area contributed by atoms with Crippen LogP contribution < -0.4 is 5.56 Å². The highest BCUT2D eigenvalue weighted by Crippen LogP contribution is 2.35. The Morgan fingerprint density at radius 3 is 2.57 bits per heavy atom. The third-order valence-corrected chi connectivity index (χ3v) is 4.22. The standard InChI is InChI=1S/C17H28N2O2/c1-5-21-15(12-9-7-6-8-10-12)16-18-13(17(2,3)4)11-14(20)19-16/h11-12,15H,5-10H2,1-4H3,(H,18,19,20). The van der Waals surface area contributed by atoms with Gasteiger partial charge < -0.3 is 9.72 Å². The van der Waals surface area contributed by atoms with Gasteiger partial charge in [-0.05, 0) is 25.7 Å². The molecule has 1 aromatic rings. The van der Waals surface area contributed by atoms with Crippen LogP contribution in [0.3, 0.4) is 0 Å². The van der Waals surface area contributed by atoms with Crippen LogP contribution in [0.25, 0.3) is 0 Å². The van der Waals surface area contributed by atoms with Gasteiger partial charge in [-0.2, -0.15) is 0 Å². The number of nitrogens with zero attached hydrogens (tertiary/aromatic N) is 1. The molecule has 1 saturated carbocycles. The lowest BCUT2D eigenvalue weighted by atomic mass is 9.84. The maximum Gasteiger partial charge on any atom is 0.251 e. The third-order valence-electron chi connectivity index (χ3n) is 4.22. The molecule has 4 nitrogen and oxygen atoms in total. The Labute approximate surface area is 127 Å². The van der Waals surface area contributed by atoms with Gasteiger partial charge >= 0.3 is 0 Å². The van der Waals surface area contributed by atoms with Crippen LogP contribution in [0.2, 0.25) is 0 Å². The van der Waals surface area contributed by atoms with E-state index in [0.29, 0.717) is 18.3 Å². The normalized spacial score (nSPS) is 18.7. The molecule has 0 saturated heterocycles. The van der Waals surface area contributed by atoms with Crippen molar-refractivity contribution in [2.45, 2.75) is 71.3 Å². The Hall–Kier alpha value is -1.16. The van der Waals surface area contributed by atoms with Crippen LogP contribution in [0.15, 0.2) is 10.9 Å². The van der Waals surface area contributed by atoms with Crippen molar-refractivity contribution in [3.63, 3.8) is 0 Å². The summed E-state index contributed by atoms with van der Waals surface area (Å²) in [4.78, 5) is 19.6. The molecule has 0 aromatic carbocycles. The molecule has 0 aliphatic heterocycles. The monoisotopic (exact) mass is 292 g/mol. The molecule has 1 heterocycles. The maximum atomic E-state index is 12.0. The first-order valence-corrected chi connectivity index (χ1v) is 8.15. The first-order valence-electron chi connectivity index (χ1n) is 8.15. The lowest BCUT2D eigenvalue weighted by Gasteiger charge is -2.30. The lowest BCUT2D eigenvalue weighted by Crippen LogP contribution is -2.27. The van der Waals surface area contributed by atoms with Crippen LogP contribution in [0.1, 0.15) is 77.4 Å². The molecule has 1 fully saturated rings. The van der Waals surface area contributed by atoms with Gasteiger partial charge in [0.2, 0.25) is 0 Å². The number of aromatic nitrogens is 2. The topological polar surface area (TPSA) is 55.0 Å². The van der Waals surface area contributed by atoms with Gasteiger partial charge in [0.1, 0.15) is 11.9 Å². The summed E-state index contributed by atoms with van der Waals surface area (Å²) in [5.74, 6) is 1.18. The summed E-state index contributed by atoms with van der Waals surface area (Å²) in [7, 11) is 0. The fraction of sp³-hybridized carbons (Fsp3) is 0.765. The molecule has 1 aromatic heterocycles. The highest BCUT2D eigenvalue weighted by atomic mass is 16.5. The van der Waals surface area contributed by atoms with Crippen molar-refractivity contribution in [1.82, 2.24) is 9.97 Å². The molecule has 2 rings (SSSR count). The number of nitrogens with one attached hydrogen (secondary N) is 1. The average molecular weight is 292 g/mol. The largest absolute Gasteiger partial charge is 0.370 e. The van der Waals surface area contributed by atoms with Gasteiger partial charge in [0, 0.05) is 18.1 Å². The van der Waals surface area contributed by atoms with Crippen LogP contribution in [-0.4, -0.2) is 16.6 Å². The summed E-state index contributed by atoms with van der Waals surface area (Å²) < 4.78 is 5.96.